The SMILES string of the molecule is CCC=CC[Si](CC=CCC)(OCC)c1ccccc1. The Labute approximate surface area is 125 Å². The monoisotopic (exact) mass is 288 g/mol. The molecule has 0 aliphatic heterocycles. The minimum absolute atomic E-state index is 0.793. The predicted molar refractivity (Wildman–Crippen MR) is 91.9 cm³/mol. The van der Waals surface area contributed by atoms with E-state index in [1.54, 1.807) is 0 Å². The third kappa shape index (κ3) is 5.10. The highest BCUT2D eigenvalue weighted by Crippen LogP contribution is 2.20. The quantitative estimate of drug-likeness (QED) is 0.468. The lowest BCUT2D eigenvalue weighted by Crippen LogP contribution is -2.50. The Morgan fingerprint density at radius 3 is 1.85 bits per heavy atom. The average molecular weight is 289 g/mol. The molecule has 1 aromatic carbocycles. The van der Waals surface area contributed by atoms with Crippen molar-refractivity contribution in [3.8, 4) is 0 Å². The molecule has 0 aliphatic rings. The molecule has 0 unspecified atom stereocenters. The summed E-state index contributed by atoms with van der Waals surface area (Å²) < 4.78 is 6.35. The normalized spacial score (nSPS) is 14.9. The maximum atomic E-state index is 6.35. The van der Waals surface area contributed by atoms with Gasteiger partial charge in [0.25, 0.3) is 0 Å². The van der Waals surface area contributed by atoms with Gasteiger partial charge in [-0.3, -0.25) is 0 Å². The first kappa shape index (κ1) is 16.9. The molecule has 2 heteroatoms. The molecule has 0 bridgehead atoms. The summed E-state index contributed by atoms with van der Waals surface area (Å²) in [6.07, 6.45) is 11.3. The molecule has 0 saturated heterocycles. The lowest BCUT2D eigenvalue weighted by Gasteiger charge is -2.29. The van der Waals surface area contributed by atoms with Crippen molar-refractivity contribution in [2.24, 2.45) is 0 Å². The first-order chi connectivity index (χ1) is 9.79. The van der Waals surface area contributed by atoms with Gasteiger partial charge in [-0.1, -0.05) is 68.5 Å². The van der Waals surface area contributed by atoms with Gasteiger partial charge >= 0.3 is 0 Å². The Bertz CT molecular complexity index is 393. The van der Waals surface area contributed by atoms with Crippen LogP contribution >= 0.6 is 0 Å². The minimum Gasteiger partial charge on any atom is -0.412 e. The first-order valence-electron chi connectivity index (χ1n) is 7.78. The van der Waals surface area contributed by atoms with Crippen molar-refractivity contribution in [2.45, 2.75) is 45.7 Å². The summed E-state index contributed by atoms with van der Waals surface area (Å²) in [5, 5.41) is 1.41. The van der Waals surface area contributed by atoms with E-state index in [-0.39, 0.29) is 0 Å². The maximum Gasteiger partial charge on any atom is 0.231 e. The second kappa shape index (κ2) is 9.73. The fraction of sp³-hybridized carbons (Fsp3) is 0.444. The van der Waals surface area contributed by atoms with Crippen LogP contribution in [0.2, 0.25) is 12.1 Å². The molecule has 0 heterocycles. The Kier molecular flexibility index (Phi) is 8.24. The summed E-state index contributed by atoms with van der Waals surface area (Å²) in [5.74, 6) is 0. The summed E-state index contributed by atoms with van der Waals surface area (Å²) in [7, 11) is -1.92. The zero-order valence-electron chi connectivity index (χ0n) is 13.1. The summed E-state index contributed by atoms with van der Waals surface area (Å²) in [6.45, 7) is 7.26. The Balaban J connectivity index is 3.04. The fourth-order valence-corrected chi connectivity index (χ4v) is 5.91. The van der Waals surface area contributed by atoms with Crippen molar-refractivity contribution in [1.29, 1.82) is 0 Å². The van der Waals surface area contributed by atoms with Crippen LogP contribution in [0.4, 0.5) is 0 Å². The third-order valence-corrected chi connectivity index (χ3v) is 7.44. The molecule has 20 heavy (non-hydrogen) atoms. The van der Waals surface area contributed by atoms with Crippen LogP contribution in [0.1, 0.15) is 33.6 Å². The molecular formula is C18H28OSi. The third-order valence-electron chi connectivity index (χ3n) is 3.42. The molecule has 0 spiro atoms. The van der Waals surface area contributed by atoms with Crippen LogP contribution in [0.25, 0.3) is 0 Å². The van der Waals surface area contributed by atoms with Crippen molar-refractivity contribution in [3.63, 3.8) is 0 Å². The van der Waals surface area contributed by atoms with Crippen molar-refractivity contribution in [3.05, 3.63) is 54.6 Å². The van der Waals surface area contributed by atoms with Gasteiger partial charge in [0.05, 0.1) is 0 Å². The molecule has 0 atom stereocenters. The van der Waals surface area contributed by atoms with E-state index in [0.717, 1.165) is 31.5 Å². The highest BCUT2D eigenvalue weighted by Gasteiger charge is 2.34. The minimum atomic E-state index is -1.92. The molecular weight excluding hydrogens is 260 g/mol. The lowest BCUT2D eigenvalue weighted by molar-refractivity contribution is 0.333. The molecule has 1 nitrogen and oxygen atoms in total. The zero-order chi connectivity index (χ0) is 14.7. The molecule has 0 radical (unpaired) electrons. The molecule has 0 fully saturated rings. The summed E-state index contributed by atoms with van der Waals surface area (Å²) in [5.41, 5.74) is 0. The van der Waals surface area contributed by atoms with Crippen LogP contribution in [0, 0.1) is 0 Å². The number of allylic oxidation sites excluding steroid dienone is 4. The van der Waals surface area contributed by atoms with Gasteiger partial charge in [0.2, 0.25) is 8.32 Å². The van der Waals surface area contributed by atoms with Crippen LogP contribution in [0.5, 0.6) is 0 Å². The molecule has 110 valence electrons. The smallest absolute Gasteiger partial charge is 0.231 e. The number of benzene rings is 1. The van der Waals surface area contributed by atoms with E-state index in [0.29, 0.717) is 0 Å². The van der Waals surface area contributed by atoms with E-state index in [1.807, 2.05) is 0 Å². The zero-order valence-corrected chi connectivity index (χ0v) is 14.1. The van der Waals surface area contributed by atoms with Crippen molar-refractivity contribution in [1.82, 2.24) is 0 Å². The van der Waals surface area contributed by atoms with E-state index in [2.05, 4.69) is 75.4 Å². The van der Waals surface area contributed by atoms with E-state index in [4.69, 9.17) is 4.43 Å². The van der Waals surface area contributed by atoms with E-state index in [9.17, 15) is 0 Å². The Morgan fingerprint density at radius 2 is 1.40 bits per heavy atom. The molecule has 0 aliphatic carbocycles. The van der Waals surface area contributed by atoms with E-state index >= 15 is 0 Å². The summed E-state index contributed by atoms with van der Waals surface area (Å²) >= 11 is 0. The summed E-state index contributed by atoms with van der Waals surface area (Å²) in [4.78, 5) is 0. The van der Waals surface area contributed by atoms with Gasteiger partial charge in [-0.05, 0) is 37.0 Å². The van der Waals surface area contributed by atoms with Gasteiger partial charge in [-0.25, -0.2) is 0 Å². The van der Waals surface area contributed by atoms with Crippen molar-refractivity contribution < 1.29 is 4.43 Å². The lowest BCUT2D eigenvalue weighted by atomic mass is 10.4. The van der Waals surface area contributed by atoms with Gasteiger partial charge in [-0.15, -0.1) is 0 Å². The molecule has 0 N–H and O–H groups in total. The highest BCUT2D eigenvalue weighted by molar-refractivity contribution is 6.87. The van der Waals surface area contributed by atoms with Gasteiger partial charge in [0.1, 0.15) is 0 Å². The second-order valence-electron chi connectivity index (χ2n) is 4.96. The van der Waals surface area contributed by atoms with Crippen molar-refractivity contribution in [2.75, 3.05) is 6.61 Å². The first-order valence-corrected chi connectivity index (χ1v) is 10.1. The summed E-state index contributed by atoms with van der Waals surface area (Å²) in [6, 6.07) is 12.9. The van der Waals surface area contributed by atoms with Gasteiger partial charge in [0, 0.05) is 6.61 Å². The molecule has 1 rings (SSSR count). The molecule has 0 aromatic heterocycles. The maximum absolute atomic E-state index is 6.35. The Hall–Kier alpha value is -1.12. The van der Waals surface area contributed by atoms with Gasteiger partial charge in [-0.2, -0.15) is 0 Å². The molecule has 0 amide bonds. The largest absolute Gasteiger partial charge is 0.412 e. The fourth-order valence-electron chi connectivity index (χ4n) is 2.42. The second-order valence-corrected chi connectivity index (χ2v) is 8.63. The number of hydrogen-bond acceptors (Lipinski definition) is 1. The topological polar surface area (TPSA) is 9.23 Å². The van der Waals surface area contributed by atoms with Crippen molar-refractivity contribution >= 4 is 13.5 Å². The Morgan fingerprint density at radius 1 is 0.850 bits per heavy atom. The van der Waals surface area contributed by atoms with E-state index < -0.39 is 8.32 Å². The number of rotatable bonds is 9. The average Bonchev–Trinajstić information content (AvgIpc) is 2.48. The van der Waals surface area contributed by atoms with Gasteiger partial charge < -0.3 is 4.43 Å². The number of hydrogen-bond donors (Lipinski definition) is 0. The van der Waals surface area contributed by atoms with Crippen LogP contribution < -0.4 is 5.19 Å². The van der Waals surface area contributed by atoms with Crippen LogP contribution in [0.3, 0.4) is 0 Å². The van der Waals surface area contributed by atoms with Crippen LogP contribution in [0.15, 0.2) is 54.6 Å². The van der Waals surface area contributed by atoms with E-state index in [1.165, 1.54) is 5.19 Å². The molecule has 1 aromatic rings. The molecule has 0 saturated carbocycles. The van der Waals surface area contributed by atoms with Gasteiger partial charge in [0.15, 0.2) is 0 Å². The standard InChI is InChI=1S/C18H28OSi/c1-4-7-12-16-20(19-6-3,17-13-8-5-2)18-14-10-9-11-15-18/h7-15H,4-6,16-17H2,1-3H3. The highest BCUT2D eigenvalue weighted by atomic mass is 28.4. The van der Waals surface area contributed by atoms with Crippen LogP contribution in [-0.2, 0) is 4.43 Å². The predicted octanol–water partition coefficient (Wildman–Crippen LogP) is 4.81. The van der Waals surface area contributed by atoms with Crippen LogP contribution in [-0.4, -0.2) is 14.9 Å².